The van der Waals surface area contributed by atoms with Crippen LogP contribution in [0.1, 0.15) is 78.6 Å². The van der Waals surface area contributed by atoms with E-state index in [1.54, 1.807) is 0 Å². The Morgan fingerprint density at radius 1 is 0.789 bits per heavy atom. The van der Waals surface area contributed by atoms with Gasteiger partial charge in [0.2, 0.25) is 0 Å². The molecule has 116 valence electrons. The van der Waals surface area contributed by atoms with Crippen molar-refractivity contribution >= 4 is 10.1 Å². The third-order valence-corrected chi connectivity index (χ3v) is 3.71. The second-order valence-electron chi connectivity index (χ2n) is 6.67. The summed E-state index contributed by atoms with van der Waals surface area (Å²) < 4.78 is 26.1. The summed E-state index contributed by atoms with van der Waals surface area (Å²) in [4.78, 5) is 0. The van der Waals surface area contributed by atoms with E-state index in [1.807, 2.05) is 0 Å². The van der Waals surface area contributed by atoms with E-state index in [2.05, 4.69) is 20.8 Å². The zero-order chi connectivity index (χ0) is 14.8. The van der Waals surface area contributed by atoms with Crippen molar-refractivity contribution in [2.45, 2.75) is 78.6 Å². The van der Waals surface area contributed by atoms with Gasteiger partial charge in [0.05, 0.1) is 12.9 Å². The van der Waals surface area contributed by atoms with Crippen LogP contribution < -0.4 is 0 Å². The molecule has 0 spiro atoms. The van der Waals surface area contributed by atoms with E-state index >= 15 is 0 Å². The smallest absolute Gasteiger partial charge is 0.264 e. The topological polar surface area (TPSA) is 43.4 Å². The summed E-state index contributed by atoms with van der Waals surface area (Å²) in [5.41, 5.74) is 0.472. The monoisotopic (exact) mass is 292 g/mol. The number of rotatable bonds is 11. The largest absolute Gasteiger partial charge is 0.270 e. The van der Waals surface area contributed by atoms with E-state index in [4.69, 9.17) is 4.18 Å². The molecule has 0 fully saturated rings. The van der Waals surface area contributed by atoms with Crippen LogP contribution in [0.4, 0.5) is 0 Å². The molecule has 0 saturated carbocycles. The Balaban J connectivity index is 3.16. The summed E-state index contributed by atoms with van der Waals surface area (Å²) in [6, 6.07) is 0. The minimum Gasteiger partial charge on any atom is -0.270 e. The molecule has 0 radical (unpaired) electrons. The van der Waals surface area contributed by atoms with Crippen molar-refractivity contribution in [3.05, 3.63) is 0 Å². The van der Waals surface area contributed by atoms with Crippen LogP contribution in [-0.4, -0.2) is 21.3 Å². The SMILES string of the molecule is CC(C)(C)CCCCCCCCCCOS(C)(=O)=O. The fourth-order valence-electron chi connectivity index (χ4n) is 2.03. The maximum Gasteiger partial charge on any atom is 0.264 e. The highest BCUT2D eigenvalue weighted by Crippen LogP contribution is 2.22. The highest BCUT2D eigenvalue weighted by atomic mass is 32.2. The number of hydrogen-bond donors (Lipinski definition) is 0. The van der Waals surface area contributed by atoms with Crippen molar-refractivity contribution in [1.29, 1.82) is 0 Å². The molecule has 0 aliphatic carbocycles. The second kappa shape index (κ2) is 9.76. The van der Waals surface area contributed by atoms with Crippen molar-refractivity contribution in [2.24, 2.45) is 5.41 Å². The van der Waals surface area contributed by atoms with Crippen molar-refractivity contribution in [3.8, 4) is 0 Å². The molecular formula is C15H32O3S. The Bertz CT molecular complexity index is 302. The molecule has 3 nitrogen and oxygen atoms in total. The van der Waals surface area contributed by atoms with Crippen LogP contribution in [0.3, 0.4) is 0 Å². The maximum atomic E-state index is 10.7. The first kappa shape index (κ1) is 18.9. The van der Waals surface area contributed by atoms with Crippen LogP contribution in [0.2, 0.25) is 0 Å². The van der Waals surface area contributed by atoms with Gasteiger partial charge in [0.15, 0.2) is 0 Å². The highest BCUT2D eigenvalue weighted by Gasteiger charge is 2.08. The van der Waals surface area contributed by atoms with E-state index in [9.17, 15) is 8.42 Å². The summed E-state index contributed by atoms with van der Waals surface area (Å²) >= 11 is 0. The van der Waals surface area contributed by atoms with Gasteiger partial charge in [-0.05, 0) is 18.3 Å². The molecule has 0 aliphatic heterocycles. The van der Waals surface area contributed by atoms with E-state index in [0.29, 0.717) is 12.0 Å². The lowest BCUT2D eigenvalue weighted by atomic mass is 9.89. The van der Waals surface area contributed by atoms with Crippen LogP contribution in [0, 0.1) is 5.41 Å². The van der Waals surface area contributed by atoms with Crippen LogP contribution in [-0.2, 0) is 14.3 Å². The molecule has 0 aromatic rings. The zero-order valence-corrected chi connectivity index (χ0v) is 14.0. The van der Waals surface area contributed by atoms with Gasteiger partial charge < -0.3 is 0 Å². The Morgan fingerprint density at radius 2 is 1.21 bits per heavy atom. The standard InChI is InChI=1S/C15H32O3S/c1-15(2,3)13-11-9-7-5-6-8-10-12-14-18-19(4,16)17/h5-14H2,1-4H3. The second-order valence-corrected chi connectivity index (χ2v) is 8.31. The molecule has 0 N–H and O–H groups in total. The fourth-order valence-corrected chi connectivity index (χ4v) is 2.45. The van der Waals surface area contributed by atoms with Gasteiger partial charge in [-0.3, -0.25) is 4.18 Å². The van der Waals surface area contributed by atoms with Crippen molar-refractivity contribution in [1.82, 2.24) is 0 Å². The lowest BCUT2D eigenvalue weighted by Gasteiger charge is -2.17. The van der Waals surface area contributed by atoms with Gasteiger partial charge in [-0.1, -0.05) is 65.7 Å². The average Bonchev–Trinajstić information content (AvgIpc) is 2.22. The van der Waals surface area contributed by atoms with Crippen molar-refractivity contribution in [3.63, 3.8) is 0 Å². The highest BCUT2D eigenvalue weighted by molar-refractivity contribution is 7.85. The average molecular weight is 292 g/mol. The zero-order valence-electron chi connectivity index (χ0n) is 13.2. The molecule has 0 atom stereocenters. The third-order valence-electron chi connectivity index (χ3n) is 3.12. The summed E-state index contributed by atoms with van der Waals surface area (Å²) in [7, 11) is -3.24. The first-order valence-electron chi connectivity index (χ1n) is 7.55. The van der Waals surface area contributed by atoms with Gasteiger partial charge in [-0.15, -0.1) is 0 Å². The minimum absolute atomic E-state index is 0.338. The number of hydrogen-bond acceptors (Lipinski definition) is 3. The van der Waals surface area contributed by atoms with Gasteiger partial charge >= 0.3 is 0 Å². The van der Waals surface area contributed by atoms with E-state index in [0.717, 1.165) is 19.1 Å². The van der Waals surface area contributed by atoms with Crippen LogP contribution in [0.5, 0.6) is 0 Å². The molecule has 4 heteroatoms. The molecule has 0 bridgehead atoms. The van der Waals surface area contributed by atoms with Crippen LogP contribution in [0.25, 0.3) is 0 Å². The maximum absolute atomic E-state index is 10.7. The molecule has 0 aromatic heterocycles. The molecule has 0 rings (SSSR count). The summed E-state index contributed by atoms with van der Waals surface area (Å²) in [5.74, 6) is 0. The molecule has 0 aromatic carbocycles. The van der Waals surface area contributed by atoms with Crippen LogP contribution >= 0.6 is 0 Å². The first-order chi connectivity index (χ1) is 8.71. The fraction of sp³-hybridized carbons (Fsp3) is 1.00. The molecule has 0 amide bonds. The van der Waals surface area contributed by atoms with Gasteiger partial charge in [-0.2, -0.15) is 8.42 Å². The Labute approximate surface area is 120 Å². The van der Waals surface area contributed by atoms with Crippen LogP contribution in [0.15, 0.2) is 0 Å². The van der Waals surface area contributed by atoms with Gasteiger partial charge in [-0.25, -0.2) is 0 Å². The Hall–Kier alpha value is -0.0900. The van der Waals surface area contributed by atoms with E-state index in [1.165, 1.54) is 44.9 Å². The third kappa shape index (κ3) is 17.9. The summed E-state index contributed by atoms with van der Waals surface area (Å²) in [6.07, 6.45) is 12.1. The van der Waals surface area contributed by atoms with E-state index < -0.39 is 10.1 Å². The predicted octanol–water partition coefficient (Wildman–Crippen LogP) is 4.52. The minimum atomic E-state index is -3.24. The normalized spacial score (nSPS) is 12.8. The number of unbranched alkanes of at least 4 members (excludes halogenated alkanes) is 7. The first-order valence-corrected chi connectivity index (χ1v) is 9.37. The van der Waals surface area contributed by atoms with Gasteiger partial charge in [0.25, 0.3) is 10.1 Å². The molecule has 0 heterocycles. The molecule has 19 heavy (non-hydrogen) atoms. The molecule has 0 aliphatic rings. The Morgan fingerprint density at radius 3 is 1.63 bits per heavy atom. The summed E-state index contributed by atoms with van der Waals surface area (Å²) in [5, 5.41) is 0. The lowest BCUT2D eigenvalue weighted by Crippen LogP contribution is -2.04. The van der Waals surface area contributed by atoms with Crippen molar-refractivity contribution < 1.29 is 12.6 Å². The molecule has 0 saturated heterocycles. The van der Waals surface area contributed by atoms with E-state index in [-0.39, 0.29) is 0 Å². The van der Waals surface area contributed by atoms with Gasteiger partial charge in [0, 0.05) is 0 Å². The van der Waals surface area contributed by atoms with Gasteiger partial charge in [0.1, 0.15) is 0 Å². The lowest BCUT2D eigenvalue weighted by molar-refractivity contribution is 0.309. The predicted molar refractivity (Wildman–Crippen MR) is 81.8 cm³/mol. The van der Waals surface area contributed by atoms with Crippen molar-refractivity contribution in [2.75, 3.05) is 12.9 Å². The molecule has 0 unspecified atom stereocenters. The summed E-state index contributed by atoms with van der Waals surface area (Å²) in [6.45, 7) is 7.23. The Kier molecular flexibility index (Phi) is 9.71. The quantitative estimate of drug-likeness (QED) is 0.415. The molecular weight excluding hydrogens is 260 g/mol.